The van der Waals surface area contributed by atoms with Crippen LogP contribution in [-0.4, -0.2) is 40.2 Å². The zero-order valence-electron chi connectivity index (χ0n) is 16.4. The van der Waals surface area contributed by atoms with Gasteiger partial charge in [-0.05, 0) is 25.8 Å². The number of amides is 2. The zero-order valence-corrected chi connectivity index (χ0v) is 16.4. The maximum absolute atomic E-state index is 12.9. The summed E-state index contributed by atoms with van der Waals surface area (Å²) in [6, 6.07) is 6.60. The number of carboxylic acids is 1. The third-order valence-electron chi connectivity index (χ3n) is 5.88. The number of fused-ring (bicyclic) bond motifs is 1. The molecular weight excluding hydrogens is 388 g/mol. The Labute approximate surface area is 172 Å². The third kappa shape index (κ3) is 3.20. The molecule has 1 aliphatic carbocycles. The molecule has 2 atom stereocenters. The maximum Gasteiger partial charge on any atom is 0.352 e. The summed E-state index contributed by atoms with van der Waals surface area (Å²) in [4.78, 5) is 52.8. The number of hydrogen-bond donors (Lipinski definition) is 4. The summed E-state index contributed by atoms with van der Waals surface area (Å²) >= 11 is 0. The number of H-pyrrole nitrogens is 1. The summed E-state index contributed by atoms with van der Waals surface area (Å²) < 4.78 is 0. The van der Waals surface area contributed by atoms with Crippen LogP contribution in [0.2, 0.25) is 0 Å². The minimum Gasteiger partial charge on any atom is -0.477 e. The number of rotatable bonds is 6. The molecule has 0 unspecified atom stereocenters. The van der Waals surface area contributed by atoms with Crippen LogP contribution in [0.15, 0.2) is 18.2 Å². The smallest absolute Gasteiger partial charge is 0.352 e. The average molecular weight is 410 g/mol. The Morgan fingerprint density at radius 2 is 2.07 bits per heavy atom. The van der Waals surface area contributed by atoms with Gasteiger partial charge in [-0.2, -0.15) is 5.26 Å². The molecule has 1 fully saturated rings. The second kappa shape index (κ2) is 7.99. The number of nitrogens with zero attached hydrogens (tertiary/aromatic N) is 1. The lowest BCUT2D eigenvalue weighted by atomic mass is 9.60. The number of aromatic amines is 1. The van der Waals surface area contributed by atoms with Crippen molar-refractivity contribution in [3.63, 3.8) is 0 Å². The average Bonchev–Trinajstić information content (AvgIpc) is 3.11. The van der Waals surface area contributed by atoms with Crippen molar-refractivity contribution in [1.82, 2.24) is 10.3 Å². The number of nitriles is 1. The van der Waals surface area contributed by atoms with Gasteiger partial charge in [0.2, 0.25) is 11.8 Å². The van der Waals surface area contributed by atoms with Crippen LogP contribution >= 0.6 is 0 Å². The van der Waals surface area contributed by atoms with Gasteiger partial charge in [0, 0.05) is 16.5 Å². The van der Waals surface area contributed by atoms with Gasteiger partial charge in [0.1, 0.15) is 12.2 Å². The van der Waals surface area contributed by atoms with E-state index in [1.807, 2.05) is 6.07 Å². The van der Waals surface area contributed by atoms with Crippen LogP contribution in [0, 0.1) is 17.2 Å². The van der Waals surface area contributed by atoms with Crippen molar-refractivity contribution in [2.75, 3.05) is 6.54 Å². The molecule has 0 aliphatic heterocycles. The summed E-state index contributed by atoms with van der Waals surface area (Å²) in [5, 5.41) is 21.5. The van der Waals surface area contributed by atoms with Gasteiger partial charge in [-0.25, -0.2) is 4.79 Å². The van der Waals surface area contributed by atoms with E-state index in [1.165, 1.54) is 6.92 Å². The first-order valence-corrected chi connectivity index (χ1v) is 9.59. The molecule has 0 bridgehead atoms. The highest BCUT2D eigenvalue weighted by atomic mass is 16.4. The van der Waals surface area contributed by atoms with Gasteiger partial charge in [0.25, 0.3) is 0 Å². The second-order valence-corrected chi connectivity index (χ2v) is 7.47. The number of aromatic nitrogens is 1. The summed E-state index contributed by atoms with van der Waals surface area (Å²) in [5.74, 6) is -3.86. The number of nitrogens with two attached hydrogens (primary N) is 1. The highest BCUT2D eigenvalue weighted by Gasteiger charge is 2.53. The van der Waals surface area contributed by atoms with Crippen molar-refractivity contribution in [3.8, 4) is 6.07 Å². The van der Waals surface area contributed by atoms with Crippen molar-refractivity contribution < 1.29 is 24.3 Å². The number of carbonyl (C=O) groups is 4. The molecule has 9 heteroatoms. The van der Waals surface area contributed by atoms with Crippen molar-refractivity contribution in [1.29, 1.82) is 5.26 Å². The molecule has 156 valence electrons. The molecule has 1 aliphatic rings. The zero-order chi connectivity index (χ0) is 22.1. The largest absolute Gasteiger partial charge is 0.477 e. The molecule has 9 nitrogen and oxygen atoms in total. The number of aromatic carboxylic acids is 1. The van der Waals surface area contributed by atoms with E-state index in [-0.39, 0.29) is 35.6 Å². The fourth-order valence-electron chi connectivity index (χ4n) is 4.63. The highest BCUT2D eigenvalue weighted by Crippen LogP contribution is 2.48. The highest BCUT2D eigenvalue weighted by molar-refractivity contribution is 6.11. The van der Waals surface area contributed by atoms with E-state index < -0.39 is 29.1 Å². The van der Waals surface area contributed by atoms with Gasteiger partial charge >= 0.3 is 5.97 Å². The summed E-state index contributed by atoms with van der Waals surface area (Å²) in [6.07, 6.45) is 1.73. The quantitative estimate of drug-likeness (QED) is 0.417. The molecule has 0 radical (unpaired) electrons. The molecule has 5 N–H and O–H groups in total. The number of carboxylic acid groups (broad SMARTS) is 1. The predicted octanol–water partition coefficient (Wildman–Crippen LogP) is 1.62. The molecule has 3 rings (SSSR count). The molecule has 0 saturated heterocycles. The Bertz CT molecular complexity index is 1100. The fourth-order valence-corrected chi connectivity index (χ4v) is 4.63. The van der Waals surface area contributed by atoms with Crippen LogP contribution in [0.5, 0.6) is 0 Å². The first-order valence-electron chi connectivity index (χ1n) is 9.59. The predicted molar refractivity (Wildman–Crippen MR) is 107 cm³/mol. The van der Waals surface area contributed by atoms with E-state index in [9.17, 15) is 24.3 Å². The van der Waals surface area contributed by atoms with E-state index in [0.717, 1.165) is 0 Å². The first-order chi connectivity index (χ1) is 14.3. The molecular formula is C21H22N4O5. The van der Waals surface area contributed by atoms with E-state index in [1.54, 1.807) is 18.2 Å². The lowest BCUT2D eigenvalue weighted by Crippen LogP contribution is -2.54. The van der Waals surface area contributed by atoms with Crippen LogP contribution in [0.25, 0.3) is 10.9 Å². The van der Waals surface area contributed by atoms with Crippen LogP contribution in [0.1, 0.15) is 59.0 Å². The van der Waals surface area contributed by atoms with Gasteiger partial charge in [0.05, 0.1) is 22.9 Å². The summed E-state index contributed by atoms with van der Waals surface area (Å²) in [5.41, 5.74) is 4.69. The van der Waals surface area contributed by atoms with E-state index >= 15 is 0 Å². The van der Waals surface area contributed by atoms with Gasteiger partial charge in [0.15, 0.2) is 5.78 Å². The van der Waals surface area contributed by atoms with Gasteiger partial charge < -0.3 is 21.1 Å². The Morgan fingerprint density at radius 1 is 1.33 bits per heavy atom. The molecule has 2 amide bonds. The Kier molecular flexibility index (Phi) is 5.60. The van der Waals surface area contributed by atoms with E-state index in [0.29, 0.717) is 30.2 Å². The topological polar surface area (TPSA) is 166 Å². The third-order valence-corrected chi connectivity index (χ3v) is 5.88. The summed E-state index contributed by atoms with van der Waals surface area (Å²) in [7, 11) is 0. The van der Waals surface area contributed by atoms with Crippen LogP contribution in [0.4, 0.5) is 0 Å². The van der Waals surface area contributed by atoms with Crippen molar-refractivity contribution in [2.24, 2.45) is 11.7 Å². The lowest BCUT2D eigenvalue weighted by molar-refractivity contribution is -0.137. The Hall–Kier alpha value is -3.67. The van der Waals surface area contributed by atoms with Crippen molar-refractivity contribution in [2.45, 2.75) is 38.0 Å². The summed E-state index contributed by atoms with van der Waals surface area (Å²) in [6.45, 7) is 1.12. The number of Topliss-reactive ketones (excluding diaryl/α,β-unsaturated/α-hetero) is 1. The number of benzene rings is 1. The minimum absolute atomic E-state index is 0.123. The molecule has 30 heavy (non-hydrogen) atoms. The number of carbonyl (C=O) groups excluding carboxylic acids is 3. The SMILES string of the molecule is CC(=O)c1cccc2c([C@]3(C(N)=O)CCCC[C@H]3C(=O)NCC#N)c(C(=O)O)[nH]c12. The number of primary amides is 1. The monoisotopic (exact) mass is 410 g/mol. The van der Waals surface area contributed by atoms with Crippen LogP contribution < -0.4 is 11.1 Å². The van der Waals surface area contributed by atoms with E-state index in [2.05, 4.69) is 10.3 Å². The second-order valence-electron chi connectivity index (χ2n) is 7.47. The number of nitrogens with one attached hydrogen (secondary N) is 2. The molecule has 2 aromatic rings. The van der Waals surface area contributed by atoms with Gasteiger partial charge in [-0.1, -0.05) is 25.0 Å². The number of ketones is 1. The molecule has 0 spiro atoms. The normalized spacial score (nSPS) is 21.0. The number of para-hydroxylation sites is 1. The van der Waals surface area contributed by atoms with Crippen LogP contribution in [0.3, 0.4) is 0 Å². The Morgan fingerprint density at radius 3 is 2.67 bits per heavy atom. The minimum atomic E-state index is -1.58. The standard InChI is InChI=1S/C21H22N4O5/c1-11(26)12-5-4-6-13-15(17(19(28)29)25-16(12)13)21(20(23)30)8-3-2-7-14(21)18(27)24-10-9-22/h4-6,14,25H,2-3,7-8,10H2,1H3,(H2,23,30)(H,24,27)(H,28,29)/t14-,21-/m0/s1. The van der Waals surface area contributed by atoms with Gasteiger partial charge in [-0.15, -0.1) is 0 Å². The molecule has 1 aromatic heterocycles. The maximum atomic E-state index is 12.9. The van der Waals surface area contributed by atoms with Gasteiger partial charge in [-0.3, -0.25) is 14.4 Å². The Balaban J connectivity index is 2.36. The molecule has 1 aromatic carbocycles. The molecule has 1 saturated carbocycles. The fraction of sp³-hybridized carbons (Fsp3) is 0.381. The number of hydrogen-bond acceptors (Lipinski definition) is 5. The van der Waals surface area contributed by atoms with Crippen molar-refractivity contribution >= 4 is 34.5 Å². The van der Waals surface area contributed by atoms with E-state index in [4.69, 9.17) is 11.0 Å². The first kappa shape index (κ1) is 21.0. The molecule has 1 heterocycles. The van der Waals surface area contributed by atoms with Crippen molar-refractivity contribution in [3.05, 3.63) is 35.0 Å². The lowest BCUT2D eigenvalue weighted by Gasteiger charge is -2.41. The van der Waals surface area contributed by atoms with Crippen LogP contribution in [-0.2, 0) is 15.0 Å².